The third-order valence-electron chi connectivity index (χ3n) is 7.02. The molecule has 2 saturated heterocycles. The highest BCUT2D eigenvalue weighted by molar-refractivity contribution is 5.69. The molecule has 2 atom stereocenters. The van der Waals surface area contributed by atoms with E-state index in [9.17, 15) is 18.4 Å². The van der Waals surface area contributed by atoms with Crippen LogP contribution in [0.4, 0.5) is 18.4 Å². The van der Waals surface area contributed by atoms with Crippen LogP contribution >= 0.6 is 0 Å². The van der Waals surface area contributed by atoms with Crippen molar-refractivity contribution < 1.29 is 27.8 Å². The molecule has 2 rings (SSSR count). The molecule has 0 bridgehead atoms. The molecule has 0 aromatic heterocycles. The highest BCUT2D eigenvalue weighted by atomic mass is 19.3. The fraction of sp³-hybridized carbons (Fsp3) is 0.923. The molecule has 2 amide bonds. The smallest absolute Gasteiger partial charge is 0.410 e. The zero-order chi connectivity index (χ0) is 26.3. The Morgan fingerprint density at radius 1 is 0.853 bits per heavy atom. The van der Waals surface area contributed by atoms with Gasteiger partial charge in [0.05, 0.1) is 6.54 Å². The van der Waals surface area contributed by atoms with Crippen molar-refractivity contribution >= 4 is 12.2 Å². The average Bonchev–Trinajstić information content (AvgIpc) is 3.23. The minimum absolute atomic E-state index is 0.0273. The van der Waals surface area contributed by atoms with E-state index in [1.165, 1.54) is 4.90 Å². The number of nitrogens with zero attached hydrogens (tertiary/aromatic N) is 2. The standard InChI is InChI=1S/C26H46F2N2O4/c1-22(2,3)18-12-11-15-29(18)20(31)34-25(9,10)14-13-24(7,8)19-16-26(27,28)17-30(19)21(32)33-23(4,5)6/h18-19H,11-17H2,1-10H3. The summed E-state index contributed by atoms with van der Waals surface area (Å²) >= 11 is 0. The monoisotopic (exact) mass is 488 g/mol. The van der Waals surface area contributed by atoms with Gasteiger partial charge in [-0.25, -0.2) is 18.4 Å². The quantitative estimate of drug-likeness (QED) is 0.424. The topological polar surface area (TPSA) is 59.1 Å². The zero-order valence-corrected chi connectivity index (χ0v) is 22.9. The fourth-order valence-corrected chi connectivity index (χ4v) is 5.05. The first-order valence-electron chi connectivity index (χ1n) is 12.5. The van der Waals surface area contributed by atoms with Crippen LogP contribution in [-0.2, 0) is 9.47 Å². The summed E-state index contributed by atoms with van der Waals surface area (Å²) in [5.41, 5.74) is -2.18. The second-order valence-corrected chi connectivity index (χ2v) is 13.5. The van der Waals surface area contributed by atoms with Crippen molar-refractivity contribution in [3.8, 4) is 0 Å². The maximum atomic E-state index is 14.4. The Hall–Kier alpha value is -1.60. The summed E-state index contributed by atoms with van der Waals surface area (Å²) in [6, 6.07) is -0.539. The molecule has 2 heterocycles. The number of rotatable bonds is 5. The van der Waals surface area contributed by atoms with Gasteiger partial charge in [0.25, 0.3) is 5.92 Å². The number of hydrogen-bond acceptors (Lipinski definition) is 4. The van der Waals surface area contributed by atoms with E-state index in [-0.39, 0.29) is 17.6 Å². The molecule has 0 aliphatic carbocycles. The summed E-state index contributed by atoms with van der Waals surface area (Å²) in [4.78, 5) is 28.7. The summed E-state index contributed by atoms with van der Waals surface area (Å²) in [6.07, 6.45) is 1.49. The Bertz CT molecular complexity index is 753. The van der Waals surface area contributed by atoms with Crippen molar-refractivity contribution in [1.29, 1.82) is 0 Å². The number of likely N-dealkylation sites (tertiary alicyclic amines) is 2. The van der Waals surface area contributed by atoms with Crippen molar-refractivity contribution in [2.45, 2.75) is 131 Å². The molecule has 0 N–H and O–H groups in total. The van der Waals surface area contributed by atoms with Crippen molar-refractivity contribution in [2.75, 3.05) is 13.1 Å². The second kappa shape index (κ2) is 9.45. The highest BCUT2D eigenvalue weighted by Gasteiger charge is 2.53. The van der Waals surface area contributed by atoms with Crippen LogP contribution in [0, 0.1) is 10.8 Å². The Balaban J connectivity index is 2.06. The molecule has 8 heteroatoms. The third-order valence-corrected chi connectivity index (χ3v) is 7.02. The highest BCUT2D eigenvalue weighted by Crippen LogP contribution is 2.44. The van der Waals surface area contributed by atoms with Gasteiger partial charge in [-0.15, -0.1) is 0 Å². The summed E-state index contributed by atoms with van der Waals surface area (Å²) in [6.45, 7) is 19.1. The van der Waals surface area contributed by atoms with E-state index in [1.807, 2.05) is 32.6 Å². The van der Waals surface area contributed by atoms with Crippen molar-refractivity contribution in [1.82, 2.24) is 9.80 Å². The van der Waals surface area contributed by atoms with Crippen molar-refractivity contribution in [3.05, 3.63) is 0 Å². The Morgan fingerprint density at radius 2 is 1.41 bits per heavy atom. The van der Waals surface area contributed by atoms with Crippen LogP contribution in [0.1, 0.15) is 101 Å². The van der Waals surface area contributed by atoms with Gasteiger partial charge < -0.3 is 14.4 Å². The number of halogens is 2. The molecular formula is C26H46F2N2O4. The molecule has 2 fully saturated rings. The molecule has 0 saturated carbocycles. The predicted octanol–water partition coefficient (Wildman–Crippen LogP) is 6.86. The van der Waals surface area contributed by atoms with Crippen molar-refractivity contribution in [3.63, 3.8) is 0 Å². The minimum atomic E-state index is -2.96. The van der Waals surface area contributed by atoms with E-state index in [0.717, 1.165) is 12.8 Å². The molecule has 0 aromatic carbocycles. The molecular weight excluding hydrogens is 442 g/mol. The van der Waals surface area contributed by atoms with Gasteiger partial charge in [0, 0.05) is 25.0 Å². The van der Waals surface area contributed by atoms with Crippen LogP contribution in [0.3, 0.4) is 0 Å². The van der Waals surface area contributed by atoms with Crippen LogP contribution in [0.15, 0.2) is 0 Å². The third kappa shape index (κ3) is 7.45. The maximum absolute atomic E-state index is 14.4. The first kappa shape index (κ1) is 28.6. The predicted molar refractivity (Wildman–Crippen MR) is 129 cm³/mol. The Kier molecular flexibility index (Phi) is 7.96. The van der Waals surface area contributed by atoms with E-state index in [0.29, 0.717) is 19.4 Å². The summed E-state index contributed by atoms with van der Waals surface area (Å²) in [5, 5.41) is 0. The van der Waals surface area contributed by atoms with E-state index in [1.54, 1.807) is 20.8 Å². The Morgan fingerprint density at radius 3 is 1.94 bits per heavy atom. The number of amides is 2. The molecule has 0 radical (unpaired) electrons. The first-order chi connectivity index (χ1) is 15.1. The van der Waals surface area contributed by atoms with Gasteiger partial charge in [-0.1, -0.05) is 34.6 Å². The van der Waals surface area contributed by atoms with Crippen LogP contribution in [0.5, 0.6) is 0 Å². The molecule has 6 nitrogen and oxygen atoms in total. The molecule has 0 aromatic rings. The van der Waals surface area contributed by atoms with Crippen LogP contribution in [0.2, 0.25) is 0 Å². The van der Waals surface area contributed by atoms with E-state index >= 15 is 0 Å². The molecule has 198 valence electrons. The van der Waals surface area contributed by atoms with E-state index < -0.39 is 47.6 Å². The zero-order valence-electron chi connectivity index (χ0n) is 22.9. The summed E-state index contributed by atoms with van der Waals surface area (Å²) in [5.74, 6) is -2.96. The average molecular weight is 489 g/mol. The molecule has 34 heavy (non-hydrogen) atoms. The largest absolute Gasteiger partial charge is 0.444 e. The van der Waals surface area contributed by atoms with E-state index in [4.69, 9.17) is 9.47 Å². The van der Waals surface area contributed by atoms with E-state index in [2.05, 4.69) is 20.8 Å². The first-order valence-corrected chi connectivity index (χ1v) is 12.5. The van der Waals surface area contributed by atoms with Crippen LogP contribution in [0.25, 0.3) is 0 Å². The normalized spacial score (nSPS) is 23.9. The van der Waals surface area contributed by atoms with Gasteiger partial charge in [-0.2, -0.15) is 0 Å². The molecule has 2 unspecified atom stereocenters. The number of carbonyl (C=O) groups is 2. The lowest BCUT2D eigenvalue weighted by Gasteiger charge is -2.40. The van der Waals surface area contributed by atoms with Crippen LogP contribution in [-0.4, -0.2) is 64.3 Å². The maximum Gasteiger partial charge on any atom is 0.410 e. The lowest BCUT2D eigenvalue weighted by molar-refractivity contribution is -0.0157. The number of ether oxygens (including phenoxy) is 2. The lowest BCUT2D eigenvalue weighted by atomic mass is 9.76. The van der Waals surface area contributed by atoms with Gasteiger partial charge in [0.2, 0.25) is 0 Å². The molecule has 2 aliphatic rings. The fourth-order valence-electron chi connectivity index (χ4n) is 5.05. The van der Waals surface area contributed by atoms with Gasteiger partial charge in [-0.05, 0) is 71.1 Å². The summed E-state index contributed by atoms with van der Waals surface area (Å²) in [7, 11) is 0. The van der Waals surface area contributed by atoms with Gasteiger partial charge in [0.1, 0.15) is 11.2 Å². The van der Waals surface area contributed by atoms with Gasteiger partial charge in [-0.3, -0.25) is 4.90 Å². The van der Waals surface area contributed by atoms with Gasteiger partial charge in [0.15, 0.2) is 0 Å². The Labute approximate surface area is 204 Å². The van der Waals surface area contributed by atoms with Crippen LogP contribution < -0.4 is 0 Å². The summed E-state index contributed by atoms with van der Waals surface area (Å²) < 4.78 is 40.1. The number of carbonyl (C=O) groups excluding carboxylic acids is 2. The molecule has 0 spiro atoms. The number of alkyl halides is 2. The lowest BCUT2D eigenvalue weighted by Crippen LogP contribution is -2.48. The van der Waals surface area contributed by atoms with Gasteiger partial charge >= 0.3 is 12.2 Å². The number of hydrogen-bond donors (Lipinski definition) is 0. The second-order valence-electron chi connectivity index (χ2n) is 13.5. The minimum Gasteiger partial charge on any atom is -0.444 e. The SMILES string of the molecule is CC(C)(C)OC(=O)N1CC(F)(F)CC1C(C)(C)CCC(C)(C)OC(=O)N1CCCC1C(C)(C)C. The van der Waals surface area contributed by atoms with Crippen molar-refractivity contribution in [2.24, 2.45) is 10.8 Å². The molecule has 2 aliphatic heterocycles.